The van der Waals surface area contributed by atoms with Gasteiger partial charge in [-0.25, -0.2) is 58.0 Å². The highest BCUT2D eigenvalue weighted by Crippen LogP contribution is 2.39. The number of nitrogens with one attached hydrogen (secondary N) is 6. The molecule has 0 amide bonds. The van der Waals surface area contributed by atoms with Gasteiger partial charge >= 0.3 is 0 Å². The molecule has 0 spiro atoms. The number of likely N-dealkylation sites (N-methyl/N-ethyl adjacent to an activating group) is 2. The van der Waals surface area contributed by atoms with Crippen LogP contribution in [0.3, 0.4) is 0 Å². The molecule has 2 aliphatic heterocycles. The summed E-state index contributed by atoms with van der Waals surface area (Å²) in [4.78, 5) is 60.7. The lowest BCUT2D eigenvalue weighted by Crippen LogP contribution is -2.44. The van der Waals surface area contributed by atoms with Crippen molar-refractivity contribution in [2.24, 2.45) is 0 Å². The predicted molar refractivity (Wildman–Crippen MR) is 377 cm³/mol. The second-order valence-corrected chi connectivity index (χ2v) is 25.0. The van der Waals surface area contributed by atoms with Gasteiger partial charge in [0, 0.05) is 146 Å². The van der Waals surface area contributed by atoms with E-state index in [0.717, 1.165) is 169 Å². The molecule has 9 aromatic heterocycles. The van der Waals surface area contributed by atoms with Crippen molar-refractivity contribution in [3.8, 4) is 34.2 Å². The van der Waals surface area contributed by atoms with E-state index in [1.807, 2.05) is 55.4 Å². The maximum atomic E-state index is 13.4. The molecule has 6 N–H and O–H groups in total. The number of H-pyrrole nitrogens is 3. The maximum Gasteiger partial charge on any atom is 0.161 e. The molecule has 0 bridgehead atoms. The van der Waals surface area contributed by atoms with Gasteiger partial charge in [0.05, 0.1) is 44.6 Å². The molecule has 0 unspecified atom stereocenters. The second kappa shape index (κ2) is 29.2. The van der Waals surface area contributed by atoms with E-state index in [2.05, 4.69) is 152 Å². The van der Waals surface area contributed by atoms with Crippen LogP contribution in [0.2, 0.25) is 0 Å². The normalized spacial score (nSPS) is 13.7. The van der Waals surface area contributed by atoms with Crippen molar-refractivity contribution >= 4 is 107 Å². The summed E-state index contributed by atoms with van der Waals surface area (Å²) in [5, 5.41) is 13.6. The summed E-state index contributed by atoms with van der Waals surface area (Å²) in [5.41, 5.74) is 12.9. The fraction of sp³-hybridized carbons (Fsp3) is 0.271. The Morgan fingerprint density at radius 2 is 0.702 bits per heavy atom. The number of aromatic amines is 3. The minimum atomic E-state index is -0.285. The first-order chi connectivity index (χ1) is 45.0. The highest BCUT2D eigenvalue weighted by molar-refractivity contribution is 9.10. The standard InChI is InChI=1S/2C25H28FN7.C20H17BrFN5.ClH/c2*1-16(2)19-14-28-23(17-4-6-18(26)7-5-17)31-24(19)30-20-8-9-27-25-22(20)21(15-29-25)33-12-10-32(3)11-13-33;1-11(2)14-9-24-18(12-3-5-13(22)6-4-12)27-19(14)26-16-7-8-23-20-17(16)15(21)10-25-20;/h2*4-9,14-16H,10-13H2,1-3H3,(H2,27,28,29,30,31);3-11H,1-2H3,(H2,23,24,25,26,27);1H. The average molecular weight is 1350 g/mol. The third-order valence-electron chi connectivity index (χ3n) is 16.7. The van der Waals surface area contributed by atoms with Crippen molar-refractivity contribution in [3.05, 3.63) is 185 Å². The Labute approximate surface area is 558 Å². The summed E-state index contributed by atoms with van der Waals surface area (Å²) in [6.45, 7) is 20.7. The van der Waals surface area contributed by atoms with Crippen molar-refractivity contribution < 1.29 is 13.2 Å². The quantitative estimate of drug-likeness (QED) is 0.0597. The number of aromatic nitrogens is 12. The van der Waals surface area contributed by atoms with Crippen LogP contribution in [0.1, 0.15) is 76.0 Å². The zero-order chi connectivity index (χ0) is 64.9. The van der Waals surface area contributed by atoms with Crippen molar-refractivity contribution in [1.29, 1.82) is 0 Å². The van der Waals surface area contributed by atoms with Crippen LogP contribution in [0.15, 0.2) is 151 Å². The minimum absolute atomic E-state index is 0. The van der Waals surface area contributed by atoms with Crippen LogP contribution < -0.4 is 25.8 Å². The number of nitrogens with zero attached hydrogens (tertiary/aromatic N) is 13. The minimum Gasteiger partial charge on any atom is -0.367 e. The van der Waals surface area contributed by atoms with Gasteiger partial charge in [-0.1, -0.05) is 41.5 Å². The molecule has 11 heterocycles. The van der Waals surface area contributed by atoms with E-state index in [-0.39, 0.29) is 47.6 Å². The second-order valence-electron chi connectivity index (χ2n) is 24.2. The molecule has 484 valence electrons. The fourth-order valence-corrected chi connectivity index (χ4v) is 11.9. The average Bonchev–Trinajstić information content (AvgIpc) is 1.56. The lowest BCUT2D eigenvalue weighted by Gasteiger charge is -2.33. The van der Waals surface area contributed by atoms with Crippen LogP contribution in [0.25, 0.3) is 67.3 Å². The molecule has 0 saturated carbocycles. The molecule has 14 rings (SSSR count). The Morgan fingerprint density at radius 1 is 0.404 bits per heavy atom. The summed E-state index contributed by atoms with van der Waals surface area (Å²) in [5.74, 6) is 3.73. The Balaban J connectivity index is 0.000000144. The van der Waals surface area contributed by atoms with Crippen LogP contribution in [0.5, 0.6) is 0 Å². The predicted octanol–water partition coefficient (Wildman–Crippen LogP) is 15.8. The van der Waals surface area contributed by atoms with Crippen molar-refractivity contribution in [1.82, 2.24) is 69.6 Å². The molecule has 12 aromatic rings. The Morgan fingerprint density at radius 3 is 1.02 bits per heavy atom. The molecule has 2 saturated heterocycles. The Kier molecular flexibility index (Phi) is 20.5. The number of hydrogen-bond acceptors (Lipinski definition) is 16. The number of fused-ring (bicyclic) bond motifs is 3. The maximum absolute atomic E-state index is 13.4. The van der Waals surface area contributed by atoms with Gasteiger partial charge in [0.25, 0.3) is 0 Å². The lowest BCUT2D eigenvalue weighted by atomic mass is 10.1. The molecule has 94 heavy (non-hydrogen) atoms. The summed E-state index contributed by atoms with van der Waals surface area (Å²) in [6, 6.07) is 24.6. The van der Waals surface area contributed by atoms with E-state index in [4.69, 9.17) is 15.0 Å². The van der Waals surface area contributed by atoms with Gasteiger partial charge in [-0.2, -0.15) is 0 Å². The smallest absolute Gasteiger partial charge is 0.161 e. The van der Waals surface area contributed by atoms with Gasteiger partial charge in [0.2, 0.25) is 0 Å². The topological polar surface area (TPSA) is 212 Å². The van der Waals surface area contributed by atoms with E-state index >= 15 is 0 Å². The van der Waals surface area contributed by atoms with Crippen LogP contribution in [-0.2, 0) is 0 Å². The monoisotopic (exact) mass is 1350 g/mol. The number of rotatable bonds is 14. The molecule has 2 fully saturated rings. The third-order valence-corrected chi connectivity index (χ3v) is 17.3. The number of hydrogen-bond donors (Lipinski definition) is 6. The zero-order valence-corrected chi connectivity index (χ0v) is 55.9. The Bertz CT molecular complexity index is 4350. The Hall–Kier alpha value is -9.55. The molecule has 0 atom stereocenters. The largest absolute Gasteiger partial charge is 0.367 e. The SMILES string of the molecule is CC(C)c1cnc(-c2ccc(F)cc2)nc1Nc1ccnc2[nH]cc(Br)c12.CC(C)c1cnc(-c2ccc(F)cc2)nc1Nc1ccnc2[nH]cc(N3CCN(C)CC3)c12.CC(C)c1cnc(-c2ccc(F)cc2)nc1Nc1ccnc2[nH]cc(N3CCN(C)CC3)c12.Cl. The third kappa shape index (κ3) is 14.8. The number of benzene rings is 3. The number of pyridine rings is 3. The summed E-state index contributed by atoms with van der Waals surface area (Å²) < 4.78 is 41.0. The summed E-state index contributed by atoms with van der Waals surface area (Å²) >= 11 is 3.56. The van der Waals surface area contributed by atoms with Crippen LogP contribution >= 0.6 is 28.3 Å². The molecular formula is C70H74BrClF3N19. The van der Waals surface area contributed by atoms with Crippen molar-refractivity contribution in [3.63, 3.8) is 0 Å². The van der Waals surface area contributed by atoms with Gasteiger partial charge in [-0.3, -0.25) is 0 Å². The molecule has 0 aliphatic carbocycles. The number of anilines is 8. The summed E-state index contributed by atoms with van der Waals surface area (Å²) in [7, 11) is 4.31. The van der Waals surface area contributed by atoms with Gasteiger partial charge in [-0.05, 0) is 139 Å². The first-order valence-corrected chi connectivity index (χ1v) is 31.9. The van der Waals surface area contributed by atoms with Gasteiger partial charge < -0.3 is 50.5 Å². The van der Waals surface area contributed by atoms with E-state index in [1.54, 1.807) is 55.0 Å². The molecule has 19 nitrogen and oxygen atoms in total. The van der Waals surface area contributed by atoms with Crippen molar-refractivity contribution in [2.75, 3.05) is 92.2 Å². The first-order valence-electron chi connectivity index (χ1n) is 31.1. The van der Waals surface area contributed by atoms with Crippen LogP contribution in [-0.4, -0.2) is 136 Å². The van der Waals surface area contributed by atoms with E-state index < -0.39 is 0 Å². The van der Waals surface area contributed by atoms with E-state index in [9.17, 15) is 13.2 Å². The summed E-state index contributed by atoms with van der Waals surface area (Å²) in [6.07, 6.45) is 16.8. The van der Waals surface area contributed by atoms with E-state index in [1.165, 1.54) is 36.4 Å². The van der Waals surface area contributed by atoms with Gasteiger partial charge in [-0.15, -0.1) is 12.4 Å². The molecule has 24 heteroatoms. The highest BCUT2D eigenvalue weighted by atomic mass is 79.9. The van der Waals surface area contributed by atoms with Gasteiger partial charge in [0.1, 0.15) is 51.8 Å². The molecule has 0 radical (unpaired) electrons. The van der Waals surface area contributed by atoms with Crippen LogP contribution in [0.4, 0.5) is 59.1 Å². The van der Waals surface area contributed by atoms with Crippen LogP contribution in [0, 0.1) is 17.5 Å². The molecular weight excluding hydrogens is 1280 g/mol. The first kappa shape index (κ1) is 65.9. The highest BCUT2D eigenvalue weighted by Gasteiger charge is 2.24. The molecule has 3 aromatic carbocycles. The van der Waals surface area contributed by atoms with E-state index in [0.29, 0.717) is 17.5 Å². The number of halogens is 5. The fourth-order valence-electron chi connectivity index (χ4n) is 11.3. The van der Waals surface area contributed by atoms with Crippen molar-refractivity contribution in [2.45, 2.75) is 59.3 Å². The molecule has 2 aliphatic rings. The van der Waals surface area contributed by atoms with Gasteiger partial charge in [0.15, 0.2) is 17.5 Å². The number of piperazine rings is 2. The zero-order valence-electron chi connectivity index (χ0n) is 53.5. The lowest BCUT2D eigenvalue weighted by molar-refractivity contribution is 0.313.